The van der Waals surface area contributed by atoms with E-state index < -0.39 is 6.09 Å². The van der Waals surface area contributed by atoms with Crippen LogP contribution in [-0.4, -0.2) is 64.2 Å². The number of thiazole rings is 1. The van der Waals surface area contributed by atoms with Gasteiger partial charge in [-0.3, -0.25) is 9.78 Å². The summed E-state index contributed by atoms with van der Waals surface area (Å²) in [4.78, 5) is 36.2. The van der Waals surface area contributed by atoms with E-state index in [9.17, 15) is 14.7 Å². The van der Waals surface area contributed by atoms with Gasteiger partial charge < -0.3 is 26.0 Å². The van der Waals surface area contributed by atoms with Crippen LogP contribution in [0, 0.1) is 11.8 Å². The molecule has 3 aromatic rings. The van der Waals surface area contributed by atoms with Crippen molar-refractivity contribution in [2.75, 3.05) is 31.5 Å². The molecule has 2 aliphatic heterocycles. The number of hydrogen-bond donors (Lipinski definition) is 4. The van der Waals surface area contributed by atoms with E-state index >= 15 is 0 Å². The van der Waals surface area contributed by atoms with Crippen LogP contribution in [-0.2, 0) is 11.2 Å². The Morgan fingerprint density at radius 2 is 2.06 bits per heavy atom. The molecular formula is C25H30N6O3S2. The molecule has 1 saturated heterocycles. The lowest BCUT2D eigenvalue weighted by Gasteiger charge is -2.31. The zero-order valence-corrected chi connectivity index (χ0v) is 21.8. The first-order chi connectivity index (χ1) is 17.5. The van der Waals surface area contributed by atoms with Crippen molar-refractivity contribution >= 4 is 49.9 Å². The van der Waals surface area contributed by atoms with Gasteiger partial charge in [0.25, 0.3) is 0 Å². The molecule has 5 heterocycles. The lowest BCUT2D eigenvalue weighted by molar-refractivity contribution is -0.116. The smallest absolute Gasteiger partial charge is 0.407 e. The highest BCUT2D eigenvalue weighted by atomic mass is 32.1. The number of nitrogens with one attached hydrogen (secondary N) is 3. The van der Waals surface area contributed by atoms with Gasteiger partial charge in [0.1, 0.15) is 15.5 Å². The third-order valence-electron chi connectivity index (χ3n) is 7.83. The number of nitrogens with zero attached hydrogens (tertiary/aromatic N) is 3. The normalized spacial score (nSPS) is 25.2. The molecule has 6 rings (SSSR count). The summed E-state index contributed by atoms with van der Waals surface area (Å²) in [6.07, 6.45) is 5.95. The minimum absolute atomic E-state index is 0.0345. The third kappa shape index (κ3) is 4.38. The lowest BCUT2D eigenvalue weighted by atomic mass is 9.98. The van der Waals surface area contributed by atoms with Crippen molar-refractivity contribution in [3.8, 4) is 10.6 Å². The van der Waals surface area contributed by atoms with Crippen LogP contribution in [0.25, 0.3) is 20.8 Å². The molecule has 1 saturated carbocycles. The standard InChI is InChI=1S/C25H30N6O3S2/c1-13-22-17(4-7-31(13)25(33)34)21(23-29-18-12-26-5-2-19(18)35-23)24(36-22)30-20(32)3-6-28-16-8-14-10-27-11-15(14)9-16/h2,5,12-16,27-28H,3-4,6-11H2,1H3,(H,30,32)(H,33,34)/t13-,14-,15+,16+/m1/s1. The summed E-state index contributed by atoms with van der Waals surface area (Å²) in [6.45, 7) is 5.23. The maximum absolute atomic E-state index is 13.0. The Balaban J connectivity index is 1.21. The van der Waals surface area contributed by atoms with Gasteiger partial charge in [0.15, 0.2) is 0 Å². The molecule has 4 N–H and O–H groups in total. The highest BCUT2D eigenvalue weighted by Gasteiger charge is 2.37. The summed E-state index contributed by atoms with van der Waals surface area (Å²) in [7, 11) is 0. The van der Waals surface area contributed by atoms with Crippen LogP contribution in [0.2, 0.25) is 0 Å². The van der Waals surface area contributed by atoms with E-state index in [2.05, 4.69) is 20.9 Å². The van der Waals surface area contributed by atoms with Crippen molar-refractivity contribution in [3.05, 3.63) is 28.9 Å². The molecule has 3 aromatic heterocycles. The number of fused-ring (bicyclic) bond motifs is 3. The second kappa shape index (κ2) is 9.70. The largest absolute Gasteiger partial charge is 0.465 e. The monoisotopic (exact) mass is 526 g/mol. The van der Waals surface area contributed by atoms with Crippen molar-refractivity contribution < 1.29 is 14.7 Å². The molecule has 3 aliphatic rings. The molecule has 0 unspecified atom stereocenters. The molecule has 11 heteroatoms. The number of carboxylic acid groups (broad SMARTS) is 1. The molecular weight excluding hydrogens is 496 g/mol. The van der Waals surface area contributed by atoms with E-state index in [1.165, 1.54) is 29.1 Å². The van der Waals surface area contributed by atoms with Gasteiger partial charge >= 0.3 is 6.09 Å². The van der Waals surface area contributed by atoms with E-state index in [-0.39, 0.29) is 11.9 Å². The fraction of sp³-hybridized carbons (Fsp3) is 0.520. The van der Waals surface area contributed by atoms with Gasteiger partial charge in [0, 0.05) is 42.2 Å². The third-order valence-corrected chi connectivity index (χ3v) is 10.2. The van der Waals surface area contributed by atoms with Gasteiger partial charge in [0.2, 0.25) is 5.91 Å². The van der Waals surface area contributed by atoms with Crippen molar-refractivity contribution in [3.63, 3.8) is 0 Å². The number of pyridine rings is 1. The minimum Gasteiger partial charge on any atom is -0.465 e. The molecule has 0 spiro atoms. The summed E-state index contributed by atoms with van der Waals surface area (Å²) in [6, 6.07) is 2.18. The SMILES string of the molecule is C[C@@H]1c2sc(NC(=O)CCN[C@@H]3C[C@H]4CNC[C@H]4C3)c(-c3nc4cnccc4s3)c2CCN1C(=O)O. The number of amides is 2. The van der Waals surface area contributed by atoms with Crippen molar-refractivity contribution in [2.24, 2.45) is 11.8 Å². The van der Waals surface area contributed by atoms with Crippen molar-refractivity contribution in [1.82, 2.24) is 25.5 Å². The van der Waals surface area contributed by atoms with Crippen LogP contribution in [0.15, 0.2) is 18.5 Å². The molecule has 9 nitrogen and oxygen atoms in total. The number of aromatic nitrogens is 2. The number of rotatable bonds is 6. The summed E-state index contributed by atoms with van der Waals surface area (Å²) in [5.74, 6) is 1.51. The molecule has 1 aliphatic carbocycles. The first-order valence-corrected chi connectivity index (χ1v) is 14.2. The van der Waals surface area contributed by atoms with Gasteiger partial charge in [-0.15, -0.1) is 22.7 Å². The quantitative estimate of drug-likeness (QED) is 0.384. The molecule has 0 bridgehead atoms. The zero-order chi connectivity index (χ0) is 24.8. The Labute approximate surface area is 217 Å². The number of thiophene rings is 1. The number of anilines is 1. The van der Waals surface area contributed by atoms with Crippen LogP contribution in [0.5, 0.6) is 0 Å². The zero-order valence-electron chi connectivity index (χ0n) is 20.1. The maximum atomic E-state index is 13.0. The first kappa shape index (κ1) is 23.8. The summed E-state index contributed by atoms with van der Waals surface area (Å²) in [5, 5.41) is 21.5. The summed E-state index contributed by atoms with van der Waals surface area (Å²) in [5.41, 5.74) is 2.86. The molecule has 4 atom stereocenters. The average Bonchev–Trinajstić information content (AvgIpc) is 3.60. The summed E-state index contributed by atoms with van der Waals surface area (Å²) >= 11 is 3.06. The molecule has 2 amide bonds. The van der Waals surface area contributed by atoms with Gasteiger partial charge in [-0.1, -0.05) is 0 Å². The van der Waals surface area contributed by atoms with Crippen LogP contribution in [0.1, 0.15) is 42.7 Å². The molecule has 0 aromatic carbocycles. The number of hydrogen-bond acceptors (Lipinski definition) is 8. The van der Waals surface area contributed by atoms with Crippen LogP contribution < -0.4 is 16.0 Å². The van der Waals surface area contributed by atoms with Crippen molar-refractivity contribution in [1.29, 1.82) is 0 Å². The van der Waals surface area contributed by atoms with E-state index in [0.717, 1.165) is 61.2 Å². The predicted octanol–water partition coefficient (Wildman–Crippen LogP) is 3.93. The van der Waals surface area contributed by atoms with Crippen molar-refractivity contribution in [2.45, 2.75) is 44.7 Å². The maximum Gasteiger partial charge on any atom is 0.407 e. The Bertz CT molecular complexity index is 1260. The highest BCUT2D eigenvalue weighted by Crippen LogP contribution is 2.48. The van der Waals surface area contributed by atoms with Gasteiger partial charge in [0.05, 0.1) is 16.9 Å². The minimum atomic E-state index is -0.919. The molecule has 0 radical (unpaired) electrons. The Morgan fingerprint density at radius 1 is 1.25 bits per heavy atom. The van der Waals surface area contributed by atoms with Gasteiger partial charge in [-0.25, -0.2) is 9.78 Å². The van der Waals surface area contributed by atoms with Crippen LogP contribution in [0.4, 0.5) is 9.80 Å². The van der Waals surface area contributed by atoms with Gasteiger partial charge in [-0.05, 0) is 62.7 Å². The topological polar surface area (TPSA) is 119 Å². The molecule has 190 valence electrons. The van der Waals surface area contributed by atoms with E-state index in [1.807, 2.05) is 13.0 Å². The van der Waals surface area contributed by atoms with E-state index in [0.29, 0.717) is 32.0 Å². The van der Waals surface area contributed by atoms with Crippen LogP contribution in [0.3, 0.4) is 0 Å². The highest BCUT2D eigenvalue weighted by molar-refractivity contribution is 7.23. The molecule has 2 fully saturated rings. The number of carbonyl (C=O) groups is 2. The average molecular weight is 527 g/mol. The Morgan fingerprint density at radius 3 is 2.81 bits per heavy atom. The number of carbonyl (C=O) groups excluding carboxylic acids is 1. The fourth-order valence-corrected chi connectivity index (χ4v) is 8.42. The second-order valence-corrected chi connectivity index (χ2v) is 12.1. The second-order valence-electron chi connectivity index (χ2n) is 10.0. The van der Waals surface area contributed by atoms with E-state index in [4.69, 9.17) is 4.98 Å². The van der Waals surface area contributed by atoms with Crippen LogP contribution >= 0.6 is 22.7 Å². The first-order valence-electron chi connectivity index (χ1n) is 12.6. The van der Waals surface area contributed by atoms with E-state index in [1.54, 1.807) is 23.7 Å². The van der Waals surface area contributed by atoms with Gasteiger partial charge in [-0.2, -0.15) is 0 Å². The Kier molecular flexibility index (Phi) is 6.40. The lowest BCUT2D eigenvalue weighted by Crippen LogP contribution is -2.37. The summed E-state index contributed by atoms with van der Waals surface area (Å²) < 4.78 is 1.04. The predicted molar refractivity (Wildman–Crippen MR) is 142 cm³/mol. The molecule has 36 heavy (non-hydrogen) atoms. The fourth-order valence-electron chi connectivity index (χ4n) is 6.01. The Hall–Kier alpha value is -2.60.